The fourth-order valence-corrected chi connectivity index (χ4v) is 3.82. The third-order valence-electron chi connectivity index (χ3n) is 4.08. The van der Waals surface area contributed by atoms with Gasteiger partial charge in [-0.3, -0.25) is 24.9 Å². The van der Waals surface area contributed by atoms with Crippen molar-refractivity contribution in [2.75, 3.05) is 17.1 Å². The molecule has 0 aliphatic carbocycles. The molecule has 0 fully saturated rings. The quantitative estimate of drug-likeness (QED) is 0.255. The minimum atomic E-state index is -3.99. The van der Waals surface area contributed by atoms with E-state index in [9.17, 15) is 23.3 Å². The lowest BCUT2D eigenvalue weighted by atomic mass is 10.1. The number of benzene rings is 2. The van der Waals surface area contributed by atoms with Crippen molar-refractivity contribution in [1.82, 2.24) is 15.3 Å². The molecule has 3 rings (SSSR count). The number of nitrogens with one attached hydrogen (secondary N) is 3. The highest BCUT2D eigenvalue weighted by atomic mass is 32.2. The number of para-hydroxylation sites is 1. The van der Waals surface area contributed by atoms with E-state index >= 15 is 0 Å². The number of carbonyl (C=O) groups excluding carboxylic acids is 1. The van der Waals surface area contributed by atoms with Crippen molar-refractivity contribution >= 4 is 50.5 Å². The molecule has 2 aromatic carbocycles. The van der Waals surface area contributed by atoms with Crippen LogP contribution in [0.5, 0.6) is 5.88 Å². The Hall–Kier alpha value is -4.17. The Labute approximate surface area is 193 Å². The molecule has 0 spiro atoms. The largest absolute Gasteiger partial charge is 0.478 e. The van der Waals surface area contributed by atoms with Gasteiger partial charge in [0.2, 0.25) is 5.82 Å². The average Bonchev–Trinajstić information content (AvgIpc) is 2.79. The van der Waals surface area contributed by atoms with Crippen LogP contribution in [0.1, 0.15) is 10.4 Å². The molecule has 1 amide bonds. The van der Waals surface area contributed by atoms with Crippen LogP contribution < -0.4 is 20.1 Å². The summed E-state index contributed by atoms with van der Waals surface area (Å²) in [6.45, 7) is 0. The molecule has 0 unspecified atom stereocenters. The van der Waals surface area contributed by atoms with Gasteiger partial charge in [0.05, 0.1) is 16.9 Å². The zero-order valence-corrected chi connectivity index (χ0v) is 18.5. The normalized spacial score (nSPS) is 10.7. The van der Waals surface area contributed by atoms with Crippen LogP contribution in [-0.2, 0) is 10.0 Å². The summed E-state index contributed by atoms with van der Waals surface area (Å²) in [5, 5.41) is 16.0. The fraction of sp³-hybridized carbons (Fsp3) is 0.0526. The Bertz CT molecular complexity index is 1310. The summed E-state index contributed by atoms with van der Waals surface area (Å²) in [4.78, 5) is 30.4. The predicted molar refractivity (Wildman–Crippen MR) is 123 cm³/mol. The van der Waals surface area contributed by atoms with Gasteiger partial charge < -0.3 is 10.1 Å². The van der Waals surface area contributed by atoms with E-state index in [0.29, 0.717) is 5.69 Å². The van der Waals surface area contributed by atoms with Crippen LogP contribution >= 0.6 is 12.2 Å². The Morgan fingerprint density at radius 3 is 2.42 bits per heavy atom. The Morgan fingerprint density at radius 1 is 1.09 bits per heavy atom. The lowest BCUT2D eigenvalue weighted by Gasteiger charge is -2.12. The Kier molecular flexibility index (Phi) is 7.10. The zero-order chi connectivity index (χ0) is 24.0. The monoisotopic (exact) mass is 488 g/mol. The number of hydrogen-bond acceptors (Lipinski definition) is 9. The number of hydrogen-bond donors (Lipinski definition) is 3. The second-order valence-corrected chi connectivity index (χ2v) is 8.32. The van der Waals surface area contributed by atoms with Gasteiger partial charge in [0, 0.05) is 24.1 Å². The molecule has 12 nitrogen and oxygen atoms in total. The molecule has 3 aromatic rings. The molecule has 1 aromatic heterocycles. The first-order valence-electron chi connectivity index (χ1n) is 9.05. The van der Waals surface area contributed by atoms with E-state index in [2.05, 4.69) is 25.3 Å². The number of nitro groups is 1. The SMILES string of the molecule is COc1nccnc1NS(=O)(=O)c1ccc(NC(=S)NC(=O)c2ccccc2[N+](=O)[O-])cc1. The van der Waals surface area contributed by atoms with Gasteiger partial charge in [0.15, 0.2) is 5.11 Å². The molecule has 0 aliphatic heterocycles. The average molecular weight is 489 g/mol. The minimum absolute atomic E-state index is 0.0131. The van der Waals surface area contributed by atoms with Gasteiger partial charge in [-0.25, -0.2) is 18.4 Å². The molecule has 0 saturated heterocycles. The van der Waals surface area contributed by atoms with Crippen LogP contribution in [-0.4, -0.2) is 41.4 Å². The summed E-state index contributed by atoms with van der Waals surface area (Å²) in [6.07, 6.45) is 2.67. The van der Waals surface area contributed by atoms with E-state index in [1.807, 2.05) is 0 Å². The number of carbonyl (C=O) groups is 1. The number of anilines is 2. The lowest BCUT2D eigenvalue weighted by Crippen LogP contribution is -2.34. The lowest BCUT2D eigenvalue weighted by molar-refractivity contribution is -0.385. The summed E-state index contributed by atoms with van der Waals surface area (Å²) in [6, 6.07) is 10.9. The van der Waals surface area contributed by atoms with Gasteiger partial charge in [-0.15, -0.1) is 0 Å². The number of nitrogens with zero attached hydrogens (tertiary/aromatic N) is 3. The van der Waals surface area contributed by atoms with E-state index < -0.39 is 20.9 Å². The van der Waals surface area contributed by atoms with E-state index in [1.54, 1.807) is 0 Å². The van der Waals surface area contributed by atoms with Crippen molar-refractivity contribution in [2.45, 2.75) is 4.90 Å². The van der Waals surface area contributed by atoms with Crippen LogP contribution in [0.4, 0.5) is 17.2 Å². The van der Waals surface area contributed by atoms with Gasteiger partial charge in [-0.1, -0.05) is 12.1 Å². The summed E-state index contributed by atoms with van der Waals surface area (Å²) in [5.41, 5.74) is -0.142. The second-order valence-electron chi connectivity index (χ2n) is 6.23. The Balaban J connectivity index is 1.67. The van der Waals surface area contributed by atoms with E-state index in [-0.39, 0.29) is 33.0 Å². The van der Waals surface area contributed by atoms with Crippen molar-refractivity contribution < 1.29 is 22.9 Å². The first kappa shape index (κ1) is 23.5. The van der Waals surface area contributed by atoms with Gasteiger partial charge >= 0.3 is 0 Å². The van der Waals surface area contributed by atoms with Crippen LogP contribution in [0.3, 0.4) is 0 Å². The molecule has 0 bridgehead atoms. The summed E-state index contributed by atoms with van der Waals surface area (Å²) >= 11 is 5.07. The third kappa shape index (κ3) is 5.75. The maximum absolute atomic E-state index is 12.6. The van der Waals surface area contributed by atoms with Crippen LogP contribution in [0.2, 0.25) is 0 Å². The first-order valence-corrected chi connectivity index (χ1v) is 10.9. The van der Waals surface area contributed by atoms with Crippen molar-refractivity contribution in [3.63, 3.8) is 0 Å². The molecule has 14 heteroatoms. The van der Waals surface area contributed by atoms with Gasteiger partial charge in [-0.05, 0) is 42.5 Å². The molecule has 170 valence electrons. The number of thiocarbonyl (C=S) groups is 1. The zero-order valence-electron chi connectivity index (χ0n) is 16.9. The highest BCUT2D eigenvalue weighted by Gasteiger charge is 2.20. The topological polar surface area (TPSA) is 165 Å². The number of methoxy groups -OCH3 is 1. The van der Waals surface area contributed by atoms with Crippen LogP contribution in [0, 0.1) is 10.1 Å². The maximum Gasteiger partial charge on any atom is 0.282 e. The Morgan fingerprint density at radius 2 is 1.76 bits per heavy atom. The van der Waals surface area contributed by atoms with Crippen molar-refractivity contribution in [2.24, 2.45) is 0 Å². The number of aromatic nitrogens is 2. The minimum Gasteiger partial charge on any atom is -0.478 e. The maximum atomic E-state index is 12.6. The number of ether oxygens (including phenoxy) is 1. The van der Waals surface area contributed by atoms with Crippen molar-refractivity contribution in [3.05, 3.63) is 76.6 Å². The number of sulfonamides is 1. The highest BCUT2D eigenvalue weighted by molar-refractivity contribution is 7.92. The fourth-order valence-electron chi connectivity index (χ4n) is 2.61. The summed E-state index contributed by atoms with van der Waals surface area (Å²) in [7, 11) is -2.65. The first-order chi connectivity index (χ1) is 15.7. The standard InChI is InChI=1S/C19H16N6O6S2/c1-31-18-16(20-10-11-21-18)24-33(29,30)13-8-6-12(7-9-13)22-19(32)23-17(26)14-4-2-3-5-15(14)25(27)28/h2-11H,1H3,(H,20,24)(H2,22,23,26,32). The summed E-state index contributed by atoms with van der Waals surface area (Å²) in [5.74, 6) is -0.818. The van der Waals surface area contributed by atoms with E-state index in [4.69, 9.17) is 17.0 Å². The molecular formula is C19H16N6O6S2. The smallest absolute Gasteiger partial charge is 0.282 e. The van der Waals surface area contributed by atoms with E-state index in [1.165, 1.54) is 68.0 Å². The van der Waals surface area contributed by atoms with Gasteiger partial charge in [0.25, 0.3) is 27.5 Å². The van der Waals surface area contributed by atoms with Crippen molar-refractivity contribution in [3.8, 4) is 5.88 Å². The van der Waals surface area contributed by atoms with Crippen molar-refractivity contribution in [1.29, 1.82) is 0 Å². The molecule has 0 saturated carbocycles. The molecule has 0 atom stereocenters. The molecule has 0 aliphatic rings. The van der Waals surface area contributed by atoms with Gasteiger partial charge in [-0.2, -0.15) is 0 Å². The van der Waals surface area contributed by atoms with E-state index in [0.717, 1.165) is 0 Å². The molecule has 1 heterocycles. The number of rotatable bonds is 7. The second kappa shape index (κ2) is 9.97. The predicted octanol–water partition coefficient (Wildman–Crippen LogP) is 2.32. The third-order valence-corrected chi connectivity index (χ3v) is 5.64. The molecule has 33 heavy (non-hydrogen) atoms. The van der Waals surface area contributed by atoms with Gasteiger partial charge in [0.1, 0.15) is 5.56 Å². The summed E-state index contributed by atoms with van der Waals surface area (Å²) < 4.78 is 32.5. The molecular weight excluding hydrogens is 472 g/mol. The molecule has 0 radical (unpaired) electrons. The van der Waals surface area contributed by atoms with Crippen LogP contribution in [0.25, 0.3) is 0 Å². The highest BCUT2D eigenvalue weighted by Crippen LogP contribution is 2.22. The number of amides is 1. The molecule has 3 N–H and O–H groups in total. The number of nitro benzene ring substituents is 1. The van der Waals surface area contributed by atoms with Crippen LogP contribution in [0.15, 0.2) is 65.8 Å².